The third-order valence-electron chi connectivity index (χ3n) is 3.67. The molecule has 74 valence electrons. The first-order valence-corrected chi connectivity index (χ1v) is 5.57. The van der Waals surface area contributed by atoms with Crippen LogP contribution in [0.5, 0.6) is 0 Å². The van der Waals surface area contributed by atoms with Crippen molar-refractivity contribution in [2.45, 2.75) is 45.1 Å². The number of fused-ring (bicyclic) bond motifs is 1. The van der Waals surface area contributed by atoms with Crippen LogP contribution < -0.4 is 0 Å². The molecule has 1 saturated carbocycles. The number of carbonyl (C=O) groups excluding carboxylic acids is 1. The van der Waals surface area contributed by atoms with Crippen LogP contribution in [0.25, 0.3) is 0 Å². The van der Waals surface area contributed by atoms with Crippen molar-refractivity contribution in [2.75, 3.05) is 13.1 Å². The zero-order chi connectivity index (χ0) is 9.26. The van der Waals surface area contributed by atoms with Crippen molar-refractivity contribution in [1.82, 2.24) is 4.90 Å². The second-order valence-electron chi connectivity index (χ2n) is 4.38. The molecule has 0 aromatic heterocycles. The van der Waals surface area contributed by atoms with Gasteiger partial charge in [-0.25, -0.2) is 0 Å². The summed E-state index contributed by atoms with van der Waals surface area (Å²) in [5.74, 6) is 1.31. The molecule has 0 bridgehead atoms. The average molecular weight is 181 g/mol. The molecular weight excluding hydrogens is 162 g/mol. The predicted molar refractivity (Wildman–Crippen MR) is 52.6 cm³/mol. The highest BCUT2D eigenvalue weighted by Gasteiger charge is 2.35. The van der Waals surface area contributed by atoms with Crippen molar-refractivity contribution in [2.24, 2.45) is 5.92 Å². The van der Waals surface area contributed by atoms with Gasteiger partial charge < -0.3 is 0 Å². The summed E-state index contributed by atoms with van der Waals surface area (Å²) < 4.78 is 0. The van der Waals surface area contributed by atoms with Gasteiger partial charge in [-0.2, -0.15) is 0 Å². The SMILES string of the molecule is CCN1CCC[C@@H]2CCC(=O)C[C@H]21. The van der Waals surface area contributed by atoms with Crippen LogP contribution in [-0.4, -0.2) is 29.8 Å². The van der Waals surface area contributed by atoms with E-state index in [1.54, 1.807) is 0 Å². The molecule has 0 amide bonds. The van der Waals surface area contributed by atoms with Gasteiger partial charge in [-0.1, -0.05) is 6.92 Å². The molecule has 2 fully saturated rings. The van der Waals surface area contributed by atoms with Crippen LogP contribution in [0.3, 0.4) is 0 Å². The summed E-state index contributed by atoms with van der Waals surface area (Å²) in [4.78, 5) is 13.9. The molecule has 1 saturated heterocycles. The van der Waals surface area contributed by atoms with Crippen LogP contribution in [0, 0.1) is 5.92 Å². The van der Waals surface area contributed by atoms with Gasteiger partial charge in [0, 0.05) is 18.9 Å². The second-order valence-corrected chi connectivity index (χ2v) is 4.38. The Morgan fingerprint density at radius 1 is 1.46 bits per heavy atom. The molecule has 0 spiro atoms. The van der Waals surface area contributed by atoms with E-state index in [4.69, 9.17) is 0 Å². The van der Waals surface area contributed by atoms with E-state index in [0.717, 1.165) is 31.7 Å². The third kappa shape index (κ3) is 1.78. The number of Topliss-reactive ketones (excluding diaryl/α,β-unsaturated/α-hetero) is 1. The summed E-state index contributed by atoms with van der Waals surface area (Å²) >= 11 is 0. The number of ketones is 1. The summed E-state index contributed by atoms with van der Waals surface area (Å²) in [5.41, 5.74) is 0. The molecule has 13 heavy (non-hydrogen) atoms. The van der Waals surface area contributed by atoms with Gasteiger partial charge in [0.25, 0.3) is 0 Å². The molecule has 1 aliphatic carbocycles. The molecule has 1 aliphatic heterocycles. The minimum atomic E-state index is 0.488. The van der Waals surface area contributed by atoms with E-state index in [1.807, 2.05) is 0 Å². The smallest absolute Gasteiger partial charge is 0.134 e. The molecular formula is C11H19NO. The van der Waals surface area contributed by atoms with Gasteiger partial charge in [0.05, 0.1) is 0 Å². The Kier molecular flexibility index (Phi) is 2.68. The molecule has 0 aromatic carbocycles. The summed E-state index contributed by atoms with van der Waals surface area (Å²) in [6, 6.07) is 0.597. The van der Waals surface area contributed by atoms with E-state index in [-0.39, 0.29) is 0 Å². The van der Waals surface area contributed by atoms with E-state index in [1.165, 1.54) is 19.4 Å². The molecule has 2 aliphatic rings. The molecule has 1 heterocycles. The summed E-state index contributed by atoms with van der Waals surface area (Å²) in [6.45, 7) is 4.54. The quantitative estimate of drug-likeness (QED) is 0.615. The number of nitrogens with zero attached hydrogens (tertiary/aromatic N) is 1. The fourth-order valence-corrected chi connectivity index (χ4v) is 2.92. The van der Waals surface area contributed by atoms with Gasteiger partial charge in [-0.3, -0.25) is 9.69 Å². The Balaban J connectivity index is 2.05. The van der Waals surface area contributed by atoms with Crippen LogP contribution in [0.4, 0.5) is 0 Å². The second kappa shape index (κ2) is 3.79. The number of hydrogen-bond acceptors (Lipinski definition) is 2. The Hall–Kier alpha value is -0.370. The maximum atomic E-state index is 11.4. The van der Waals surface area contributed by atoms with Crippen LogP contribution in [0.15, 0.2) is 0 Å². The molecule has 2 nitrogen and oxygen atoms in total. The molecule has 2 heteroatoms. The van der Waals surface area contributed by atoms with Gasteiger partial charge in [-0.15, -0.1) is 0 Å². The summed E-state index contributed by atoms with van der Waals surface area (Å²) in [5, 5.41) is 0. The van der Waals surface area contributed by atoms with Crippen molar-refractivity contribution >= 4 is 5.78 Å². The Morgan fingerprint density at radius 2 is 2.31 bits per heavy atom. The third-order valence-corrected chi connectivity index (χ3v) is 3.67. The van der Waals surface area contributed by atoms with Crippen molar-refractivity contribution in [3.8, 4) is 0 Å². The minimum Gasteiger partial charge on any atom is -0.300 e. The minimum absolute atomic E-state index is 0.488. The van der Waals surface area contributed by atoms with Crippen molar-refractivity contribution in [3.63, 3.8) is 0 Å². The fourth-order valence-electron chi connectivity index (χ4n) is 2.92. The number of likely N-dealkylation sites (tertiary alicyclic amines) is 1. The number of hydrogen-bond donors (Lipinski definition) is 0. The van der Waals surface area contributed by atoms with Crippen molar-refractivity contribution < 1.29 is 4.79 Å². The Bertz CT molecular complexity index is 196. The van der Waals surface area contributed by atoms with Crippen LogP contribution in [0.2, 0.25) is 0 Å². The first kappa shape index (κ1) is 9.20. The highest BCUT2D eigenvalue weighted by atomic mass is 16.1. The van der Waals surface area contributed by atoms with Crippen LogP contribution in [0.1, 0.15) is 39.0 Å². The number of rotatable bonds is 1. The maximum Gasteiger partial charge on any atom is 0.134 e. The van der Waals surface area contributed by atoms with E-state index in [9.17, 15) is 4.79 Å². The zero-order valence-electron chi connectivity index (χ0n) is 8.46. The summed E-state index contributed by atoms with van der Waals surface area (Å²) in [7, 11) is 0. The molecule has 0 radical (unpaired) electrons. The maximum absolute atomic E-state index is 11.4. The fraction of sp³-hybridized carbons (Fsp3) is 0.909. The van der Waals surface area contributed by atoms with Gasteiger partial charge >= 0.3 is 0 Å². The molecule has 0 aromatic rings. The highest BCUT2D eigenvalue weighted by molar-refractivity contribution is 5.79. The molecule has 0 N–H and O–H groups in total. The standard InChI is InChI=1S/C11H19NO/c1-2-12-7-3-4-9-5-6-10(13)8-11(9)12/h9,11H,2-8H2,1H3/t9-,11-/m1/s1. The topological polar surface area (TPSA) is 20.3 Å². The average Bonchev–Trinajstić information content (AvgIpc) is 2.17. The van der Waals surface area contributed by atoms with Crippen molar-refractivity contribution in [3.05, 3.63) is 0 Å². The lowest BCUT2D eigenvalue weighted by Gasteiger charge is -2.43. The zero-order valence-corrected chi connectivity index (χ0v) is 8.46. The van der Waals surface area contributed by atoms with Gasteiger partial charge in [0.15, 0.2) is 0 Å². The number of piperidine rings is 1. The van der Waals surface area contributed by atoms with E-state index in [0.29, 0.717) is 11.8 Å². The first-order chi connectivity index (χ1) is 6.31. The van der Waals surface area contributed by atoms with Gasteiger partial charge in [-0.05, 0) is 38.3 Å². The highest BCUT2D eigenvalue weighted by Crippen LogP contribution is 2.33. The predicted octanol–water partition coefficient (Wildman–Crippen LogP) is 1.84. The van der Waals surface area contributed by atoms with E-state index >= 15 is 0 Å². The largest absolute Gasteiger partial charge is 0.300 e. The molecule has 0 unspecified atom stereocenters. The van der Waals surface area contributed by atoms with Crippen LogP contribution in [-0.2, 0) is 4.79 Å². The monoisotopic (exact) mass is 181 g/mol. The normalized spacial score (nSPS) is 35.9. The lowest BCUT2D eigenvalue weighted by Crippen LogP contribution is -2.48. The van der Waals surface area contributed by atoms with E-state index in [2.05, 4.69) is 11.8 Å². The molecule has 2 rings (SSSR count). The Morgan fingerprint density at radius 3 is 3.08 bits per heavy atom. The number of carbonyl (C=O) groups is 1. The van der Waals surface area contributed by atoms with Gasteiger partial charge in [0.1, 0.15) is 5.78 Å². The van der Waals surface area contributed by atoms with Gasteiger partial charge in [0.2, 0.25) is 0 Å². The van der Waals surface area contributed by atoms with Crippen molar-refractivity contribution in [1.29, 1.82) is 0 Å². The van der Waals surface area contributed by atoms with E-state index < -0.39 is 0 Å². The summed E-state index contributed by atoms with van der Waals surface area (Å²) in [6.07, 6.45) is 5.52. The first-order valence-electron chi connectivity index (χ1n) is 5.57. The van der Waals surface area contributed by atoms with Crippen LogP contribution >= 0.6 is 0 Å². The lowest BCUT2D eigenvalue weighted by atomic mass is 9.78. The molecule has 2 atom stereocenters. The lowest BCUT2D eigenvalue weighted by molar-refractivity contribution is -0.124. The Labute approximate surface area is 80.3 Å².